The average Bonchev–Trinajstić information content (AvgIpc) is 2.82. The summed E-state index contributed by atoms with van der Waals surface area (Å²) in [6, 6.07) is 10.7. The van der Waals surface area contributed by atoms with E-state index >= 15 is 0 Å². The molecule has 1 N–H and O–H groups in total. The van der Waals surface area contributed by atoms with E-state index in [1.54, 1.807) is 0 Å². The lowest BCUT2D eigenvalue weighted by atomic mass is 9.95. The zero-order valence-electron chi connectivity index (χ0n) is 12.9. The fraction of sp³-hybridized carbons (Fsp3) is 0.471. The van der Waals surface area contributed by atoms with Crippen LogP contribution >= 0.6 is 0 Å². The number of hydrogen-bond donors (Lipinski definition) is 1. The highest BCUT2D eigenvalue weighted by Gasteiger charge is 2.18. The summed E-state index contributed by atoms with van der Waals surface area (Å²) < 4.78 is 2.28. The van der Waals surface area contributed by atoms with Crippen molar-refractivity contribution in [2.24, 2.45) is 5.92 Å². The molecule has 1 heterocycles. The smallest absolute Gasteiger partial charge is 0.207 e. The van der Waals surface area contributed by atoms with Crippen molar-refractivity contribution >= 4 is 11.6 Å². The molecule has 3 nitrogen and oxygen atoms in total. The maximum atomic E-state index is 4.63. The highest BCUT2D eigenvalue weighted by atomic mass is 15.2. The molecular formula is C17H25N3. The van der Waals surface area contributed by atoms with Gasteiger partial charge in [0.1, 0.15) is 0 Å². The molecule has 0 radical (unpaired) electrons. The summed E-state index contributed by atoms with van der Waals surface area (Å²) in [5, 5.41) is 3.43. The van der Waals surface area contributed by atoms with Crippen LogP contribution in [0.25, 0.3) is 0 Å². The molecule has 1 aromatic heterocycles. The third-order valence-electron chi connectivity index (χ3n) is 4.05. The maximum absolute atomic E-state index is 4.63. The summed E-state index contributed by atoms with van der Waals surface area (Å²) in [4.78, 5) is 4.63. The van der Waals surface area contributed by atoms with Gasteiger partial charge in [0.2, 0.25) is 5.95 Å². The SMILES string of the molecule is CCC(CC)C(C)n1cc(C)nc1Nc1ccccc1. The molecule has 20 heavy (non-hydrogen) atoms. The third kappa shape index (κ3) is 3.21. The number of benzene rings is 1. The molecule has 0 saturated heterocycles. The first-order valence-electron chi connectivity index (χ1n) is 7.53. The van der Waals surface area contributed by atoms with E-state index in [9.17, 15) is 0 Å². The molecule has 108 valence electrons. The third-order valence-corrected chi connectivity index (χ3v) is 4.05. The van der Waals surface area contributed by atoms with Crippen LogP contribution in [0.4, 0.5) is 11.6 Å². The van der Waals surface area contributed by atoms with Crippen molar-refractivity contribution in [1.29, 1.82) is 0 Å². The van der Waals surface area contributed by atoms with Crippen LogP contribution in [0.5, 0.6) is 0 Å². The number of anilines is 2. The summed E-state index contributed by atoms with van der Waals surface area (Å²) in [6.45, 7) is 8.86. The zero-order chi connectivity index (χ0) is 14.5. The Bertz CT molecular complexity index is 526. The van der Waals surface area contributed by atoms with Crippen molar-refractivity contribution in [2.45, 2.75) is 46.6 Å². The molecule has 0 aliphatic rings. The van der Waals surface area contributed by atoms with Gasteiger partial charge in [0.15, 0.2) is 0 Å². The fourth-order valence-electron chi connectivity index (χ4n) is 2.77. The Morgan fingerprint density at radius 2 is 1.80 bits per heavy atom. The average molecular weight is 271 g/mol. The predicted molar refractivity (Wildman–Crippen MR) is 85.5 cm³/mol. The number of hydrogen-bond acceptors (Lipinski definition) is 2. The van der Waals surface area contributed by atoms with Gasteiger partial charge in [-0.3, -0.25) is 0 Å². The number of nitrogens with one attached hydrogen (secondary N) is 1. The minimum absolute atomic E-state index is 0.456. The second-order valence-electron chi connectivity index (χ2n) is 5.42. The van der Waals surface area contributed by atoms with Crippen LogP contribution in [0, 0.1) is 12.8 Å². The van der Waals surface area contributed by atoms with Gasteiger partial charge in [-0.2, -0.15) is 0 Å². The van der Waals surface area contributed by atoms with Crippen molar-refractivity contribution in [3.8, 4) is 0 Å². The van der Waals surface area contributed by atoms with E-state index in [0.29, 0.717) is 12.0 Å². The quantitative estimate of drug-likeness (QED) is 0.807. The van der Waals surface area contributed by atoms with Gasteiger partial charge in [0.25, 0.3) is 0 Å². The topological polar surface area (TPSA) is 29.9 Å². The highest BCUT2D eigenvalue weighted by molar-refractivity contribution is 5.53. The molecule has 0 saturated carbocycles. The van der Waals surface area contributed by atoms with Crippen molar-refractivity contribution in [3.05, 3.63) is 42.2 Å². The van der Waals surface area contributed by atoms with Gasteiger partial charge >= 0.3 is 0 Å². The molecule has 0 bridgehead atoms. The molecule has 2 rings (SSSR count). The summed E-state index contributed by atoms with van der Waals surface area (Å²) in [6.07, 6.45) is 4.54. The Balaban J connectivity index is 2.26. The number of aryl methyl sites for hydroxylation is 1. The van der Waals surface area contributed by atoms with E-state index in [4.69, 9.17) is 0 Å². The maximum Gasteiger partial charge on any atom is 0.207 e. The van der Waals surface area contributed by atoms with E-state index in [1.807, 2.05) is 25.1 Å². The first-order chi connectivity index (χ1) is 9.65. The lowest BCUT2D eigenvalue weighted by Crippen LogP contribution is -2.16. The van der Waals surface area contributed by atoms with Crippen LogP contribution in [0.2, 0.25) is 0 Å². The predicted octanol–water partition coefficient (Wildman–Crippen LogP) is 4.93. The molecule has 0 spiro atoms. The van der Waals surface area contributed by atoms with Crippen molar-refractivity contribution < 1.29 is 0 Å². The van der Waals surface area contributed by atoms with Gasteiger partial charge in [0, 0.05) is 17.9 Å². The summed E-state index contributed by atoms with van der Waals surface area (Å²) in [5.74, 6) is 1.62. The lowest BCUT2D eigenvalue weighted by molar-refractivity contribution is 0.336. The summed E-state index contributed by atoms with van der Waals surface area (Å²) in [5.41, 5.74) is 2.14. The van der Waals surface area contributed by atoms with Crippen LogP contribution < -0.4 is 5.32 Å². The Kier molecular flexibility index (Phi) is 4.83. The second kappa shape index (κ2) is 6.60. The minimum Gasteiger partial charge on any atom is -0.326 e. The van der Waals surface area contributed by atoms with Crippen LogP contribution in [-0.2, 0) is 0 Å². The van der Waals surface area contributed by atoms with Crippen LogP contribution in [0.3, 0.4) is 0 Å². The number of rotatable bonds is 6. The Labute approximate surface area is 122 Å². The number of para-hydroxylation sites is 1. The van der Waals surface area contributed by atoms with Crippen LogP contribution in [0.1, 0.15) is 45.3 Å². The van der Waals surface area contributed by atoms with E-state index in [1.165, 1.54) is 12.8 Å². The molecular weight excluding hydrogens is 246 g/mol. The monoisotopic (exact) mass is 271 g/mol. The van der Waals surface area contributed by atoms with E-state index in [2.05, 4.69) is 54.0 Å². The molecule has 2 aromatic rings. The molecule has 0 aliphatic heterocycles. The normalized spacial score (nSPS) is 12.7. The lowest BCUT2D eigenvalue weighted by Gasteiger charge is -2.24. The van der Waals surface area contributed by atoms with Gasteiger partial charge in [-0.05, 0) is 31.9 Å². The molecule has 1 unspecified atom stereocenters. The van der Waals surface area contributed by atoms with E-state index in [-0.39, 0.29) is 0 Å². The zero-order valence-corrected chi connectivity index (χ0v) is 12.9. The largest absolute Gasteiger partial charge is 0.326 e. The standard InChI is InChI=1S/C17H25N3/c1-5-15(6-2)14(4)20-12-13(3)18-17(20)19-16-10-8-7-9-11-16/h7-12,14-15H,5-6H2,1-4H3,(H,18,19). The molecule has 3 heteroatoms. The molecule has 0 amide bonds. The van der Waals surface area contributed by atoms with Gasteiger partial charge in [0.05, 0.1) is 5.69 Å². The van der Waals surface area contributed by atoms with Gasteiger partial charge < -0.3 is 9.88 Å². The Morgan fingerprint density at radius 3 is 2.40 bits per heavy atom. The van der Waals surface area contributed by atoms with Gasteiger partial charge in [-0.15, -0.1) is 0 Å². The fourth-order valence-corrected chi connectivity index (χ4v) is 2.77. The molecule has 0 fully saturated rings. The van der Waals surface area contributed by atoms with Gasteiger partial charge in [-0.1, -0.05) is 44.9 Å². The van der Waals surface area contributed by atoms with E-state index < -0.39 is 0 Å². The molecule has 1 aromatic carbocycles. The van der Waals surface area contributed by atoms with Crippen LogP contribution in [0.15, 0.2) is 36.5 Å². The second-order valence-corrected chi connectivity index (χ2v) is 5.42. The molecule has 0 aliphatic carbocycles. The first kappa shape index (κ1) is 14.6. The van der Waals surface area contributed by atoms with Gasteiger partial charge in [-0.25, -0.2) is 4.98 Å². The van der Waals surface area contributed by atoms with Crippen molar-refractivity contribution in [3.63, 3.8) is 0 Å². The molecule has 1 atom stereocenters. The number of nitrogens with zero attached hydrogens (tertiary/aromatic N) is 2. The first-order valence-corrected chi connectivity index (χ1v) is 7.53. The summed E-state index contributed by atoms with van der Waals surface area (Å²) in [7, 11) is 0. The minimum atomic E-state index is 0.456. The van der Waals surface area contributed by atoms with Crippen molar-refractivity contribution in [1.82, 2.24) is 9.55 Å². The van der Waals surface area contributed by atoms with Crippen molar-refractivity contribution in [2.75, 3.05) is 5.32 Å². The Morgan fingerprint density at radius 1 is 1.15 bits per heavy atom. The highest BCUT2D eigenvalue weighted by Crippen LogP contribution is 2.28. The Hall–Kier alpha value is -1.77. The number of imidazole rings is 1. The van der Waals surface area contributed by atoms with E-state index in [0.717, 1.165) is 17.3 Å². The summed E-state index contributed by atoms with van der Waals surface area (Å²) >= 11 is 0. The van der Waals surface area contributed by atoms with Crippen LogP contribution in [-0.4, -0.2) is 9.55 Å². The number of aromatic nitrogens is 2.